The van der Waals surface area contributed by atoms with E-state index in [0.29, 0.717) is 18.7 Å². The van der Waals surface area contributed by atoms with Crippen molar-refractivity contribution in [3.8, 4) is 11.1 Å². The Morgan fingerprint density at radius 1 is 1.26 bits per heavy atom. The Bertz CT molecular complexity index is 756. The monoisotopic (exact) mass is 309 g/mol. The molecule has 2 heterocycles. The number of amides is 2. The molecule has 23 heavy (non-hydrogen) atoms. The summed E-state index contributed by atoms with van der Waals surface area (Å²) >= 11 is 0. The number of hydrogen-bond acceptors (Lipinski definition) is 3. The number of nitrogens with zero attached hydrogens (tertiary/aromatic N) is 1. The quantitative estimate of drug-likeness (QED) is 0.915. The lowest BCUT2D eigenvalue weighted by Crippen LogP contribution is -2.37. The summed E-state index contributed by atoms with van der Waals surface area (Å²) in [5.41, 5.74) is 4.09. The summed E-state index contributed by atoms with van der Waals surface area (Å²) in [5, 5.41) is 5.49. The Morgan fingerprint density at radius 3 is 2.65 bits per heavy atom. The Hall–Kier alpha value is -2.69. The highest BCUT2D eigenvalue weighted by Crippen LogP contribution is 2.27. The number of aryl methyl sites for hydroxylation is 1. The molecule has 3 rings (SSSR count). The van der Waals surface area contributed by atoms with E-state index in [1.165, 1.54) is 0 Å². The van der Waals surface area contributed by atoms with Gasteiger partial charge in [0.15, 0.2) is 0 Å². The maximum atomic E-state index is 12.2. The Balaban J connectivity index is 1.87. The van der Waals surface area contributed by atoms with Gasteiger partial charge >= 0.3 is 0 Å². The topological polar surface area (TPSA) is 71.1 Å². The summed E-state index contributed by atoms with van der Waals surface area (Å²) in [6, 6.07) is 11.4. The molecule has 1 atom stereocenters. The lowest BCUT2D eigenvalue weighted by Gasteiger charge is -2.14. The lowest BCUT2D eigenvalue weighted by molar-refractivity contribution is -0.122. The van der Waals surface area contributed by atoms with Crippen molar-refractivity contribution in [2.45, 2.75) is 32.7 Å². The first-order valence-electron chi connectivity index (χ1n) is 7.68. The first kappa shape index (κ1) is 15.2. The molecule has 1 saturated heterocycles. The number of aromatic nitrogens is 1. The van der Waals surface area contributed by atoms with Gasteiger partial charge in [-0.3, -0.25) is 9.59 Å². The summed E-state index contributed by atoms with van der Waals surface area (Å²) < 4.78 is 0. The molecule has 2 amide bonds. The van der Waals surface area contributed by atoms with Crippen LogP contribution in [0.3, 0.4) is 0 Å². The van der Waals surface area contributed by atoms with Gasteiger partial charge in [0, 0.05) is 12.1 Å². The number of anilines is 1. The predicted molar refractivity (Wildman–Crippen MR) is 88.9 cm³/mol. The molecule has 1 aliphatic heterocycles. The highest BCUT2D eigenvalue weighted by Gasteiger charge is 2.27. The van der Waals surface area contributed by atoms with Crippen molar-refractivity contribution < 1.29 is 9.59 Å². The minimum absolute atomic E-state index is 0.0804. The van der Waals surface area contributed by atoms with Gasteiger partial charge in [0.05, 0.1) is 0 Å². The number of rotatable bonds is 3. The summed E-state index contributed by atoms with van der Waals surface area (Å²) in [7, 11) is 0. The molecular formula is C18H19N3O2. The zero-order chi connectivity index (χ0) is 16.4. The number of benzene rings is 1. The molecule has 0 spiro atoms. The fourth-order valence-electron chi connectivity index (χ4n) is 2.74. The van der Waals surface area contributed by atoms with E-state index in [9.17, 15) is 9.59 Å². The first-order valence-corrected chi connectivity index (χ1v) is 7.68. The molecule has 1 aromatic heterocycles. The van der Waals surface area contributed by atoms with E-state index in [-0.39, 0.29) is 11.8 Å². The van der Waals surface area contributed by atoms with Crippen molar-refractivity contribution in [1.82, 2.24) is 10.3 Å². The number of carbonyl (C=O) groups is 2. The molecule has 1 aliphatic rings. The molecule has 0 aliphatic carbocycles. The van der Waals surface area contributed by atoms with Crippen molar-refractivity contribution in [2.75, 3.05) is 5.32 Å². The van der Waals surface area contributed by atoms with Crippen LogP contribution in [0, 0.1) is 13.8 Å². The molecule has 1 aromatic carbocycles. The molecule has 0 radical (unpaired) electrons. The van der Waals surface area contributed by atoms with Gasteiger partial charge in [0.1, 0.15) is 11.9 Å². The largest absolute Gasteiger partial charge is 0.344 e. The molecule has 0 bridgehead atoms. The third kappa shape index (κ3) is 3.23. The van der Waals surface area contributed by atoms with Crippen molar-refractivity contribution in [3.63, 3.8) is 0 Å². The van der Waals surface area contributed by atoms with E-state index < -0.39 is 6.04 Å². The van der Waals surface area contributed by atoms with Crippen LogP contribution >= 0.6 is 0 Å². The zero-order valence-electron chi connectivity index (χ0n) is 13.2. The van der Waals surface area contributed by atoms with Crippen LogP contribution in [0.1, 0.15) is 24.1 Å². The van der Waals surface area contributed by atoms with Crippen molar-refractivity contribution in [2.24, 2.45) is 0 Å². The van der Waals surface area contributed by atoms with Gasteiger partial charge in [-0.05, 0) is 43.0 Å². The third-order valence-corrected chi connectivity index (χ3v) is 4.16. The van der Waals surface area contributed by atoms with Gasteiger partial charge in [-0.25, -0.2) is 4.98 Å². The highest BCUT2D eigenvalue weighted by molar-refractivity contribution is 5.98. The normalized spacial score (nSPS) is 17.0. The van der Waals surface area contributed by atoms with Crippen LogP contribution in [-0.4, -0.2) is 22.8 Å². The van der Waals surface area contributed by atoms with Crippen LogP contribution in [0.2, 0.25) is 0 Å². The van der Waals surface area contributed by atoms with E-state index in [2.05, 4.69) is 15.6 Å². The van der Waals surface area contributed by atoms with Gasteiger partial charge < -0.3 is 10.6 Å². The second kappa shape index (κ2) is 6.20. The van der Waals surface area contributed by atoms with Crippen molar-refractivity contribution in [3.05, 3.63) is 47.7 Å². The average Bonchev–Trinajstić information content (AvgIpc) is 2.98. The summed E-state index contributed by atoms with van der Waals surface area (Å²) in [6.45, 7) is 3.95. The number of nitrogens with one attached hydrogen (secondary N) is 2. The van der Waals surface area contributed by atoms with E-state index >= 15 is 0 Å². The molecular weight excluding hydrogens is 290 g/mol. The molecule has 2 aromatic rings. The van der Waals surface area contributed by atoms with Gasteiger partial charge in [-0.1, -0.05) is 30.3 Å². The Kier molecular flexibility index (Phi) is 4.10. The van der Waals surface area contributed by atoms with Crippen LogP contribution in [0.5, 0.6) is 0 Å². The lowest BCUT2D eigenvalue weighted by atomic mass is 10.00. The molecule has 5 heteroatoms. The van der Waals surface area contributed by atoms with E-state index in [1.807, 2.05) is 50.2 Å². The van der Waals surface area contributed by atoms with Crippen LogP contribution in [-0.2, 0) is 9.59 Å². The van der Waals surface area contributed by atoms with Crippen LogP contribution in [0.25, 0.3) is 11.1 Å². The van der Waals surface area contributed by atoms with Gasteiger partial charge in [0.2, 0.25) is 11.8 Å². The van der Waals surface area contributed by atoms with E-state index in [0.717, 1.165) is 22.4 Å². The van der Waals surface area contributed by atoms with Crippen molar-refractivity contribution in [1.29, 1.82) is 0 Å². The third-order valence-electron chi connectivity index (χ3n) is 4.16. The maximum absolute atomic E-state index is 12.2. The minimum atomic E-state index is -0.467. The SMILES string of the molecule is Cc1nc(NC(=O)C2CCC(=O)N2)cc(-c2ccccc2)c1C. The molecule has 5 nitrogen and oxygen atoms in total. The maximum Gasteiger partial charge on any atom is 0.248 e. The molecule has 1 unspecified atom stereocenters. The molecule has 118 valence electrons. The van der Waals surface area contributed by atoms with Crippen LogP contribution in [0.4, 0.5) is 5.82 Å². The van der Waals surface area contributed by atoms with Crippen molar-refractivity contribution >= 4 is 17.6 Å². The molecule has 0 saturated carbocycles. The van der Waals surface area contributed by atoms with Gasteiger partial charge in [-0.2, -0.15) is 0 Å². The number of carbonyl (C=O) groups excluding carboxylic acids is 2. The van der Waals surface area contributed by atoms with Crippen LogP contribution in [0.15, 0.2) is 36.4 Å². The zero-order valence-corrected chi connectivity index (χ0v) is 13.2. The first-order chi connectivity index (χ1) is 11.0. The van der Waals surface area contributed by atoms with E-state index in [1.54, 1.807) is 0 Å². The number of hydrogen-bond donors (Lipinski definition) is 2. The second-order valence-corrected chi connectivity index (χ2v) is 5.78. The van der Waals surface area contributed by atoms with Gasteiger partial charge in [0.25, 0.3) is 0 Å². The summed E-state index contributed by atoms with van der Waals surface area (Å²) in [5.74, 6) is 0.215. The molecule has 2 N–H and O–H groups in total. The van der Waals surface area contributed by atoms with Gasteiger partial charge in [-0.15, -0.1) is 0 Å². The van der Waals surface area contributed by atoms with Crippen LogP contribution < -0.4 is 10.6 Å². The summed E-state index contributed by atoms with van der Waals surface area (Å²) in [4.78, 5) is 27.9. The second-order valence-electron chi connectivity index (χ2n) is 5.78. The number of pyridine rings is 1. The fourth-order valence-corrected chi connectivity index (χ4v) is 2.74. The Morgan fingerprint density at radius 2 is 2.00 bits per heavy atom. The fraction of sp³-hybridized carbons (Fsp3) is 0.278. The molecule has 1 fully saturated rings. The predicted octanol–water partition coefficient (Wildman–Crippen LogP) is 2.58. The minimum Gasteiger partial charge on any atom is -0.344 e. The highest BCUT2D eigenvalue weighted by atomic mass is 16.2. The van der Waals surface area contributed by atoms with E-state index in [4.69, 9.17) is 0 Å². The Labute approximate surface area is 135 Å². The smallest absolute Gasteiger partial charge is 0.248 e. The standard InChI is InChI=1S/C18H19N3O2/c1-11-12(2)19-16(10-14(11)13-6-4-3-5-7-13)21-18(23)15-8-9-17(22)20-15/h3-7,10,15H,8-9H2,1-2H3,(H,20,22)(H,19,21,23). The average molecular weight is 309 g/mol. The summed E-state index contributed by atoms with van der Waals surface area (Å²) in [6.07, 6.45) is 0.925.